The smallest absolute Gasteiger partial charge is 0.337 e. The maximum Gasteiger partial charge on any atom is 0.337 e. The number of urea groups is 1. The number of rotatable bonds is 7. The average molecular weight is 365 g/mol. The second-order valence-electron chi connectivity index (χ2n) is 6.22. The van der Waals surface area contributed by atoms with Crippen LogP contribution in [-0.2, 0) is 17.8 Å². The first-order chi connectivity index (χ1) is 13.2. The molecule has 0 bridgehead atoms. The standard InChI is InChI=1S/C21H23N3O3/c1-27-20(25)18-9-7-16(8-10-18)15-23-21(26)22-12-4-13-24-14-11-17-5-2-3-6-19(17)24/h2-3,5-11,14H,4,12-13,15H2,1H3,(H2,22,23,26). The minimum Gasteiger partial charge on any atom is -0.465 e. The summed E-state index contributed by atoms with van der Waals surface area (Å²) >= 11 is 0. The highest BCUT2D eigenvalue weighted by molar-refractivity contribution is 5.89. The molecule has 1 heterocycles. The molecule has 0 saturated carbocycles. The predicted molar refractivity (Wildman–Crippen MR) is 105 cm³/mol. The van der Waals surface area contributed by atoms with Gasteiger partial charge in [0.25, 0.3) is 0 Å². The molecule has 2 amide bonds. The number of carbonyl (C=O) groups is 2. The third-order valence-electron chi connectivity index (χ3n) is 4.37. The number of aryl methyl sites for hydroxylation is 1. The quantitative estimate of drug-likeness (QED) is 0.498. The van der Waals surface area contributed by atoms with E-state index in [0.29, 0.717) is 18.7 Å². The van der Waals surface area contributed by atoms with Crippen LogP contribution in [0.15, 0.2) is 60.8 Å². The van der Waals surface area contributed by atoms with E-state index in [-0.39, 0.29) is 12.0 Å². The summed E-state index contributed by atoms with van der Waals surface area (Å²) in [6, 6.07) is 17.1. The van der Waals surface area contributed by atoms with Gasteiger partial charge in [-0.1, -0.05) is 30.3 Å². The van der Waals surface area contributed by atoms with Gasteiger partial charge in [0, 0.05) is 31.3 Å². The van der Waals surface area contributed by atoms with Crippen molar-refractivity contribution in [2.75, 3.05) is 13.7 Å². The monoisotopic (exact) mass is 365 g/mol. The fraction of sp³-hybridized carbons (Fsp3) is 0.238. The summed E-state index contributed by atoms with van der Waals surface area (Å²) in [5.41, 5.74) is 2.61. The van der Waals surface area contributed by atoms with Crippen LogP contribution in [0.1, 0.15) is 22.3 Å². The Labute approximate surface area is 158 Å². The van der Waals surface area contributed by atoms with Crippen LogP contribution in [0.3, 0.4) is 0 Å². The van der Waals surface area contributed by atoms with Gasteiger partial charge in [-0.2, -0.15) is 0 Å². The van der Waals surface area contributed by atoms with Crippen molar-refractivity contribution in [3.63, 3.8) is 0 Å². The molecular weight excluding hydrogens is 342 g/mol. The van der Waals surface area contributed by atoms with E-state index in [1.807, 2.05) is 12.1 Å². The predicted octanol–water partition coefficient (Wildman–Crippen LogP) is 3.32. The van der Waals surface area contributed by atoms with E-state index in [9.17, 15) is 9.59 Å². The molecule has 27 heavy (non-hydrogen) atoms. The van der Waals surface area contributed by atoms with Gasteiger partial charge >= 0.3 is 12.0 Å². The molecule has 2 aromatic carbocycles. The number of ether oxygens (including phenoxy) is 1. The first-order valence-electron chi connectivity index (χ1n) is 8.90. The van der Waals surface area contributed by atoms with Gasteiger partial charge in [-0.05, 0) is 41.6 Å². The number of esters is 1. The molecule has 3 aromatic rings. The molecule has 0 radical (unpaired) electrons. The van der Waals surface area contributed by atoms with Crippen LogP contribution >= 0.6 is 0 Å². The maximum absolute atomic E-state index is 11.9. The molecule has 6 heteroatoms. The Balaban J connectivity index is 1.38. The largest absolute Gasteiger partial charge is 0.465 e. The number of amides is 2. The van der Waals surface area contributed by atoms with Crippen LogP contribution in [0, 0.1) is 0 Å². The summed E-state index contributed by atoms with van der Waals surface area (Å²) in [5.74, 6) is -0.372. The number of benzene rings is 2. The maximum atomic E-state index is 11.9. The molecule has 0 aliphatic heterocycles. The first-order valence-corrected chi connectivity index (χ1v) is 8.90. The van der Waals surface area contributed by atoms with Gasteiger partial charge in [0.1, 0.15) is 0 Å². The van der Waals surface area contributed by atoms with E-state index >= 15 is 0 Å². The Kier molecular flexibility index (Phi) is 6.10. The van der Waals surface area contributed by atoms with Gasteiger partial charge < -0.3 is 19.9 Å². The zero-order valence-corrected chi connectivity index (χ0v) is 15.3. The molecule has 0 aliphatic carbocycles. The van der Waals surface area contributed by atoms with E-state index in [4.69, 9.17) is 0 Å². The van der Waals surface area contributed by atoms with Crippen LogP contribution in [0.4, 0.5) is 4.79 Å². The molecule has 0 fully saturated rings. The minimum atomic E-state index is -0.372. The number of para-hydroxylation sites is 1. The fourth-order valence-electron chi connectivity index (χ4n) is 2.91. The first kappa shape index (κ1) is 18.5. The number of carbonyl (C=O) groups excluding carboxylic acids is 2. The SMILES string of the molecule is COC(=O)c1ccc(CNC(=O)NCCCn2ccc3ccccc32)cc1. The van der Waals surface area contributed by atoms with Gasteiger partial charge in [0.2, 0.25) is 0 Å². The van der Waals surface area contributed by atoms with E-state index in [0.717, 1.165) is 18.5 Å². The third kappa shape index (κ3) is 4.88. The molecule has 0 atom stereocenters. The summed E-state index contributed by atoms with van der Waals surface area (Å²) in [5, 5.41) is 6.90. The van der Waals surface area contributed by atoms with Crippen LogP contribution in [0.25, 0.3) is 10.9 Å². The van der Waals surface area contributed by atoms with Gasteiger partial charge in [0.15, 0.2) is 0 Å². The van der Waals surface area contributed by atoms with Crippen molar-refractivity contribution >= 4 is 22.9 Å². The highest BCUT2D eigenvalue weighted by Crippen LogP contribution is 2.15. The topological polar surface area (TPSA) is 72.4 Å². The summed E-state index contributed by atoms with van der Waals surface area (Å²) in [4.78, 5) is 23.3. The van der Waals surface area contributed by atoms with Crippen LogP contribution in [0.2, 0.25) is 0 Å². The number of methoxy groups -OCH3 is 1. The second-order valence-corrected chi connectivity index (χ2v) is 6.22. The van der Waals surface area contributed by atoms with Crippen molar-refractivity contribution in [2.24, 2.45) is 0 Å². The van der Waals surface area contributed by atoms with E-state index in [1.165, 1.54) is 18.0 Å². The Hall–Kier alpha value is -3.28. The zero-order chi connectivity index (χ0) is 19.1. The number of nitrogens with one attached hydrogen (secondary N) is 2. The Bertz CT molecular complexity index is 916. The number of aromatic nitrogens is 1. The van der Waals surface area contributed by atoms with E-state index < -0.39 is 0 Å². The van der Waals surface area contributed by atoms with Gasteiger partial charge in [-0.25, -0.2) is 9.59 Å². The molecule has 1 aromatic heterocycles. The molecule has 2 N–H and O–H groups in total. The molecule has 6 nitrogen and oxygen atoms in total. The highest BCUT2D eigenvalue weighted by atomic mass is 16.5. The van der Waals surface area contributed by atoms with E-state index in [1.54, 1.807) is 24.3 Å². The molecular formula is C21H23N3O3. The van der Waals surface area contributed by atoms with Crippen molar-refractivity contribution in [3.8, 4) is 0 Å². The molecule has 0 unspecified atom stereocenters. The summed E-state index contributed by atoms with van der Waals surface area (Å²) < 4.78 is 6.85. The molecule has 0 spiro atoms. The van der Waals surface area contributed by atoms with Gasteiger partial charge in [-0.3, -0.25) is 0 Å². The molecule has 3 rings (SSSR count). The normalized spacial score (nSPS) is 10.6. The Morgan fingerprint density at radius 1 is 1.00 bits per heavy atom. The lowest BCUT2D eigenvalue weighted by Gasteiger charge is -2.09. The molecule has 0 aliphatic rings. The van der Waals surface area contributed by atoms with Crippen molar-refractivity contribution in [1.82, 2.24) is 15.2 Å². The Morgan fingerprint density at radius 2 is 1.78 bits per heavy atom. The van der Waals surface area contributed by atoms with Crippen molar-refractivity contribution < 1.29 is 14.3 Å². The highest BCUT2D eigenvalue weighted by Gasteiger charge is 2.05. The van der Waals surface area contributed by atoms with Gasteiger partial charge in [0.05, 0.1) is 12.7 Å². The van der Waals surface area contributed by atoms with Crippen molar-refractivity contribution in [3.05, 3.63) is 71.9 Å². The number of hydrogen-bond acceptors (Lipinski definition) is 3. The lowest BCUT2D eigenvalue weighted by Crippen LogP contribution is -2.35. The zero-order valence-electron chi connectivity index (χ0n) is 15.3. The Morgan fingerprint density at radius 3 is 2.56 bits per heavy atom. The van der Waals surface area contributed by atoms with Crippen LogP contribution in [0.5, 0.6) is 0 Å². The lowest BCUT2D eigenvalue weighted by atomic mass is 10.1. The lowest BCUT2D eigenvalue weighted by molar-refractivity contribution is 0.0600. The van der Waals surface area contributed by atoms with Gasteiger partial charge in [-0.15, -0.1) is 0 Å². The summed E-state index contributed by atoms with van der Waals surface area (Å²) in [7, 11) is 1.35. The second kappa shape index (κ2) is 8.89. The molecule has 0 saturated heterocycles. The summed E-state index contributed by atoms with van der Waals surface area (Å²) in [6.45, 7) is 1.85. The molecule has 140 valence electrons. The fourth-order valence-corrected chi connectivity index (χ4v) is 2.91. The van der Waals surface area contributed by atoms with Crippen LogP contribution < -0.4 is 10.6 Å². The third-order valence-corrected chi connectivity index (χ3v) is 4.37. The summed E-state index contributed by atoms with van der Waals surface area (Å²) in [6.07, 6.45) is 2.92. The number of fused-ring (bicyclic) bond motifs is 1. The van der Waals surface area contributed by atoms with Crippen molar-refractivity contribution in [1.29, 1.82) is 0 Å². The van der Waals surface area contributed by atoms with Crippen LogP contribution in [-0.4, -0.2) is 30.2 Å². The average Bonchev–Trinajstić information content (AvgIpc) is 3.12. The number of hydrogen-bond donors (Lipinski definition) is 2. The number of nitrogens with zero attached hydrogens (tertiary/aromatic N) is 1. The van der Waals surface area contributed by atoms with Crippen molar-refractivity contribution in [2.45, 2.75) is 19.5 Å². The van der Waals surface area contributed by atoms with E-state index in [2.05, 4.69) is 44.3 Å². The minimum absolute atomic E-state index is 0.204.